The number of pyridine rings is 3. The molecule has 11 rings (SSSR count). The minimum atomic E-state index is -1.10. The van der Waals surface area contributed by atoms with Gasteiger partial charge in [-0.15, -0.1) is 0 Å². The number of halogens is 6. The Hall–Kier alpha value is -11.7. The number of carbonyl (C=O) groups is 4. The summed E-state index contributed by atoms with van der Waals surface area (Å²) in [4.78, 5) is 66.2. The lowest BCUT2D eigenvalue weighted by Crippen LogP contribution is -2.24. The SMILES string of the molecule is CC(C)(C)OC(=O)CCc1cc(Cl)c(/C(N)=N/O)cc1F.Cc1cc(C#N)c2nc(-c3nc(-c4cc(F)c(CCC(=O)O)cc4Cl)no3)cn2c1.Cc1cc(C#N)c2nc(-c3nc(-c4cc(F)c(CCC(=O)OC(C)(C)C)cc4Cl)no3)cn2c1.Cc1cc(C#N)c2nc(C(=O)O)cn2c1. The largest absolute Gasteiger partial charge is 0.481 e. The quantitative estimate of drug-likeness (QED) is 0.0243. The van der Waals surface area contributed by atoms with Crippen LogP contribution in [0.5, 0.6) is 0 Å². The van der Waals surface area contributed by atoms with Crippen LogP contribution in [0.1, 0.15) is 127 Å². The van der Waals surface area contributed by atoms with Gasteiger partial charge >= 0.3 is 23.9 Å². The molecule has 32 heteroatoms. The molecule has 11 aromatic rings. The molecule has 3 aromatic carbocycles. The first-order valence-electron chi connectivity index (χ1n) is 29.8. The second kappa shape index (κ2) is 31.2. The average Bonchev–Trinajstić information content (AvgIpc) is 1.63. The molecule has 514 valence electrons. The third-order valence-corrected chi connectivity index (χ3v) is 14.8. The Kier molecular flexibility index (Phi) is 23.1. The second-order valence-electron chi connectivity index (χ2n) is 24.2. The van der Waals surface area contributed by atoms with Crippen molar-refractivity contribution in [3.8, 4) is 64.2 Å². The molecular weight excluding hydrogens is 1370 g/mol. The van der Waals surface area contributed by atoms with Crippen molar-refractivity contribution in [1.82, 2.24) is 48.4 Å². The van der Waals surface area contributed by atoms with Gasteiger partial charge in [0.05, 0.1) is 31.8 Å². The molecule has 26 nitrogen and oxygen atoms in total. The number of imidazole rings is 3. The molecule has 0 aliphatic heterocycles. The van der Waals surface area contributed by atoms with E-state index in [4.69, 9.17) is 79.7 Å². The van der Waals surface area contributed by atoms with E-state index in [-0.39, 0.29) is 122 Å². The van der Waals surface area contributed by atoms with Crippen molar-refractivity contribution in [3.05, 3.63) is 186 Å². The maximum atomic E-state index is 14.8. The number of aromatic nitrogens is 10. The van der Waals surface area contributed by atoms with E-state index in [9.17, 15) is 42.9 Å². The van der Waals surface area contributed by atoms with Crippen molar-refractivity contribution < 1.29 is 66.3 Å². The molecule has 0 saturated carbocycles. The van der Waals surface area contributed by atoms with Crippen molar-refractivity contribution >= 4 is 81.5 Å². The Labute approximate surface area is 581 Å². The monoisotopic (exact) mass is 1420 g/mol. The van der Waals surface area contributed by atoms with Crippen molar-refractivity contribution in [3.63, 3.8) is 0 Å². The summed E-state index contributed by atoms with van der Waals surface area (Å²) in [6.07, 6.45) is 10.2. The van der Waals surface area contributed by atoms with Crippen LogP contribution in [-0.2, 0) is 43.1 Å². The lowest BCUT2D eigenvalue weighted by molar-refractivity contribution is -0.155. The summed E-state index contributed by atoms with van der Waals surface area (Å²) < 4.78 is 69.0. The van der Waals surface area contributed by atoms with Crippen LogP contribution in [0.25, 0.3) is 62.9 Å². The van der Waals surface area contributed by atoms with E-state index in [0.29, 0.717) is 45.0 Å². The zero-order valence-corrected chi connectivity index (χ0v) is 56.9. The van der Waals surface area contributed by atoms with Gasteiger partial charge in [-0.1, -0.05) is 50.3 Å². The Morgan fingerprint density at radius 2 is 0.920 bits per heavy atom. The highest BCUT2D eigenvalue weighted by Crippen LogP contribution is 2.34. The first-order chi connectivity index (χ1) is 47.1. The molecule has 0 amide bonds. The Morgan fingerprint density at radius 3 is 1.29 bits per heavy atom. The number of fused-ring (bicyclic) bond motifs is 3. The molecule has 0 bridgehead atoms. The van der Waals surface area contributed by atoms with Gasteiger partial charge < -0.3 is 52.9 Å². The minimum absolute atomic E-state index is 0.0144. The standard InChI is InChI=1S/C24H21ClFN5O3.C20H13ClFN5O3.C14H18ClFN2O3.C10H7N3O2/c1-13-7-15(10-27)22-28-19(12-31(22)11-13)23-29-21(30-34-23)16-9-18(26)14(8-17(16)25)5-6-20(32)33-24(2,3)4;1-10-4-12(7-23)19-24-16(9-27(19)8-10)20-25-18(26-30-20)13-6-15(22)11(5-14(13)21)2-3-17(28)29;1-14(2,3)21-12(19)5-4-8-6-10(15)9(7-11(8)16)13(17)18-20;1-6-2-7(3-11)9-12-8(10(14)15)5-13(9)4-6/h7-9,11-12H,5-6H2,1-4H3;4-6,8-9H,2-3H2,1H3,(H,28,29);6-7,20H,4-5H2,1-3H3,(H2,17,18);2,4-5H,1H3,(H,14,15). The van der Waals surface area contributed by atoms with Crippen LogP contribution < -0.4 is 5.73 Å². The predicted molar refractivity (Wildman–Crippen MR) is 356 cm³/mol. The van der Waals surface area contributed by atoms with E-state index in [1.54, 1.807) is 91.5 Å². The van der Waals surface area contributed by atoms with Crippen LogP contribution in [0, 0.1) is 72.2 Å². The van der Waals surface area contributed by atoms with Gasteiger partial charge in [0, 0.05) is 73.1 Å². The number of ether oxygens (including phenoxy) is 2. The molecular formula is C68H59Cl3F3N15O11. The number of nitrogens with zero attached hydrogens (tertiary/aromatic N) is 14. The lowest BCUT2D eigenvalue weighted by atomic mass is 10.1. The number of nitrogens with two attached hydrogens (primary N) is 1. The van der Waals surface area contributed by atoms with Crippen molar-refractivity contribution in [2.45, 2.75) is 112 Å². The van der Waals surface area contributed by atoms with Crippen molar-refractivity contribution in [2.75, 3.05) is 0 Å². The molecule has 0 atom stereocenters. The van der Waals surface area contributed by atoms with E-state index in [1.165, 1.54) is 30.5 Å². The van der Waals surface area contributed by atoms with E-state index < -0.39 is 52.5 Å². The van der Waals surface area contributed by atoms with Gasteiger partial charge in [0.25, 0.3) is 11.8 Å². The lowest BCUT2D eigenvalue weighted by Gasteiger charge is -2.19. The Bertz CT molecular complexity index is 5160. The number of amidine groups is 1. The molecule has 0 aliphatic rings. The highest BCUT2D eigenvalue weighted by Gasteiger charge is 2.24. The van der Waals surface area contributed by atoms with Gasteiger partial charge in [-0.25, -0.2) is 32.9 Å². The van der Waals surface area contributed by atoms with E-state index in [2.05, 4.69) is 52.5 Å². The summed E-state index contributed by atoms with van der Waals surface area (Å²) in [7, 11) is 0. The topological polar surface area (TPSA) is 387 Å². The number of rotatable bonds is 15. The maximum absolute atomic E-state index is 14.8. The van der Waals surface area contributed by atoms with Crippen molar-refractivity contribution in [2.24, 2.45) is 10.9 Å². The summed E-state index contributed by atoms with van der Waals surface area (Å²) in [5.74, 6) is -4.64. The van der Waals surface area contributed by atoms with Crippen LogP contribution >= 0.6 is 34.8 Å². The van der Waals surface area contributed by atoms with Gasteiger partial charge in [-0.2, -0.15) is 25.8 Å². The molecule has 100 heavy (non-hydrogen) atoms. The smallest absolute Gasteiger partial charge is 0.356 e. The Morgan fingerprint density at radius 1 is 0.550 bits per heavy atom. The summed E-state index contributed by atoms with van der Waals surface area (Å²) in [5, 5.41) is 64.7. The highest BCUT2D eigenvalue weighted by atomic mass is 35.5. The number of esters is 2. The first kappa shape index (κ1) is 74.1. The number of hydrogen-bond donors (Lipinski definition) is 4. The molecule has 0 radical (unpaired) electrons. The number of aryl methyl sites for hydroxylation is 6. The molecule has 0 unspecified atom stereocenters. The zero-order valence-electron chi connectivity index (χ0n) is 54.6. The van der Waals surface area contributed by atoms with Crippen LogP contribution in [0.4, 0.5) is 13.2 Å². The molecule has 5 N–H and O–H groups in total. The molecule has 8 aromatic heterocycles. The number of carboxylic acid groups (broad SMARTS) is 2. The second-order valence-corrected chi connectivity index (χ2v) is 25.4. The van der Waals surface area contributed by atoms with Gasteiger partial charge in [-0.3, -0.25) is 14.4 Å². The summed E-state index contributed by atoms with van der Waals surface area (Å²) in [6.45, 7) is 16.2. The van der Waals surface area contributed by atoms with Gasteiger partial charge in [0.1, 0.15) is 58.2 Å². The molecule has 0 aliphatic carbocycles. The molecule has 0 spiro atoms. The number of hydrogen-bond acceptors (Lipinski definition) is 20. The fraction of sp³-hybridized carbons (Fsp3) is 0.250. The van der Waals surface area contributed by atoms with Crippen LogP contribution in [0.15, 0.2) is 106 Å². The number of nitriles is 3. The molecule has 8 heterocycles. The fourth-order valence-corrected chi connectivity index (χ4v) is 10.4. The summed E-state index contributed by atoms with van der Waals surface area (Å²) >= 11 is 18.6. The van der Waals surface area contributed by atoms with E-state index >= 15 is 0 Å². The van der Waals surface area contributed by atoms with E-state index in [1.807, 2.05) is 39.2 Å². The highest BCUT2D eigenvalue weighted by molar-refractivity contribution is 6.34. The minimum Gasteiger partial charge on any atom is -0.481 e. The number of aliphatic carboxylic acids is 1. The molecule has 0 fully saturated rings. The van der Waals surface area contributed by atoms with Gasteiger partial charge in [0.2, 0.25) is 11.6 Å². The van der Waals surface area contributed by atoms with Crippen LogP contribution in [0.2, 0.25) is 15.1 Å². The zero-order chi connectivity index (χ0) is 73.2. The van der Waals surface area contributed by atoms with Crippen molar-refractivity contribution in [1.29, 1.82) is 15.8 Å². The van der Waals surface area contributed by atoms with Crippen LogP contribution in [0.3, 0.4) is 0 Å². The maximum Gasteiger partial charge on any atom is 0.356 e. The fourth-order valence-electron chi connectivity index (χ4n) is 9.58. The average molecular weight is 1430 g/mol. The first-order valence-corrected chi connectivity index (χ1v) is 31.0. The number of benzene rings is 3. The van der Waals surface area contributed by atoms with Crippen LogP contribution in [-0.4, -0.2) is 105 Å². The van der Waals surface area contributed by atoms with E-state index in [0.717, 1.165) is 28.8 Å². The third-order valence-electron chi connectivity index (χ3n) is 13.9. The molecule has 0 saturated heterocycles. The normalized spacial score (nSPS) is 11.3. The Balaban J connectivity index is 0.000000177. The third kappa shape index (κ3) is 18.7. The number of carbonyl (C=O) groups excluding carboxylic acids is 2. The predicted octanol–water partition coefficient (Wildman–Crippen LogP) is 13.4. The van der Waals surface area contributed by atoms with Gasteiger partial charge in [0.15, 0.2) is 28.5 Å². The number of oxime groups is 1. The summed E-state index contributed by atoms with van der Waals surface area (Å²) in [6, 6.07) is 18.9. The summed E-state index contributed by atoms with van der Waals surface area (Å²) in [5.41, 5.74) is 11.3. The number of aromatic carboxylic acids is 1. The van der Waals surface area contributed by atoms with Gasteiger partial charge in [-0.05, 0) is 170 Å². The number of carboxylic acids is 2.